The lowest BCUT2D eigenvalue weighted by Crippen LogP contribution is -2.28. The standard InChI is InChI=1S/C14H18N2O/c1-4-6-7-14(17)16(5-2)12(3)13-8-10-15-11-9-13/h4,8-11H,1,3,5-7H2,2H3. The Morgan fingerprint density at radius 3 is 2.65 bits per heavy atom. The van der Waals surface area contributed by atoms with Crippen molar-refractivity contribution in [1.29, 1.82) is 0 Å². The lowest BCUT2D eigenvalue weighted by atomic mass is 10.1. The van der Waals surface area contributed by atoms with Gasteiger partial charge in [-0.1, -0.05) is 12.7 Å². The Hall–Kier alpha value is -1.90. The number of pyridine rings is 1. The molecular weight excluding hydrogens is 212 g/mol. The summed E-state index contributed by atoms with van der Waals surface area (Å²) in [7, 11) is 0. The van der Waals surface area contributed by atoms with E-state index in [2.05, 4.69) is 18.1 Å². The number of hydrogen-bond donors (Lipinski definition) is 0. The third-order valence-corrected chi connectivity index (χ3v) is 2.52. The molecule has 0 bridgehead atoms. The third kappa shape index (κ3) is 3.55. The molecule has 3 nitrogen and oxygen atoms in total. The van der Waals surface area contributed by atoms with Gasteiger partial charge in [-0.3, -0.25) is 9.78 Å². The summed E-state index contributed by atoms with van der Waals surface area (Å²) in [6.45, 7) is 10.2. The van der Waals surface area contributed by atoms with Crippen LogP contribution >= 0.6 is 0 Å². The molecule has 90 valence electrons. The van der Waals surface area contributed by atoms with Crippen molar-refractivity contribution in [3.05, 3.63) is 49.3 Å². The van der Waals surface area contributed by atoms with Crippen molar-refractivity contribution in [1.82, 2.24) is 9.88 Å². The van der Waals surface area contributed by atoms with Crippen LogP contribution < -0.4 is 0 Å². The molecule has 0 fully saturated rings. The fourth-order valence-corrected chi connectivity index (χ4v) is 1.58. The first-order valence-electron chi connectivity index (χ1n) is 5.71. The molecule has 3 heteroatoms. The Bertz CT molecular complexity index is 398. The fourth-order valence-electron chi connectivity index (χ4n) is 1.58. The Kier molecular flexibility index (Phi) is 5.14. The molecule has 1 rings (SSSR count). The normalized spacial score (nSPS) is 9.71. The molecule has 0 saturated heterocycles. The number of rotatable bonds is 6. The second-order valence-corrected chi connectivity index (χ2v) is 3.65. The van der Waals surface area contributed by atoms with Gasteiger partial charge in [-0.15, -0.1) is 6.58 Å². The summed E-state index contributed by atoms with van der Waals surface area (Å²) in [6, 6.07) is 3.71. The number of carbonyl (C=O) groups excluding carboxylic acids is 1. The lowest BCUT2D eigenvalue weighted by Gasteiger charge is -2.23. The van der Waals surface area contributed by atoms with Gasteiger partial charge in [-0.05, 0) is 25.5 Å². The molecule has 1 amide bonds. The van der Waals surface area contributed by atoms with Gasteiger partial charge in [0.15, 0.2) is 0 Å². The second-order valence-electron chi connectivity index (χ2n) is 3.65. The molecule has 0 radical (unpaired) electrons. The molecule has 1 aromatic heterocycles. The summed E-state index contributed by atoms with van der Waals surface area (Å²) in [4.78, 5) is 17.6. The molecule has 0 aliphatic heterocycles. The van der Waals surface area contributed by atoms with E-state index >= 15 is 0 Å². The van der Waals surface area contributed by atoms with Crippen LogP contribution in [0.25, 0.3) is 5.70 Å². The van der Waals surface area contributed by atoms with Gasteiger partial charge in [0.05, 0.1) is 0 Å². The minimum atomic E-state index is 0.0780. The van der Waals surface area contributed by atoms with E-state index in [0.717, 1.165) is 11.3 Å². The zero-order valence-electron chi connectivity index (χ0n) is 10.2. The van der Waals surface area contributed by atoms with Gasteiger partial charge in [0.25, 0.3) is 0 Å². The van der Waals surface area contributed by atoms with Gasteiger partial charge >= 0.3 is 0 Å². The molecule has 0 saturated carbocycles. The van der Waals surface area contributed by atoms with Crippen LogP contribution in [0.1, 0.15) is 25.3 Å². The van der Waals surface area contributed by atoms with Crippen molar-refractivity contribution in [2.24, 2.45) is 0 Å². The van der Waals surface area contributed by atoms with E-state index in [1.807, 2.05) is 19.1 Å². The Labute approximate surface area is 102 Å². The van der Waals surface area contributed by atoms with E-state index in [9.17, 15) is 4.79 Å². The van der Waals surface area contributed by atoms with E-state index in [-0.39, 0.29) is 5.91 Å². The SMILES string of the molecule is C=CCCC(=O)N(CC)C(=C)c1ccncc1. The van der Waals surface area contributed by atoms with Crippen LogP contribution in [-0.2, 0) is 4.79 Å². The minimum absolute atomic E-state index is 0.0780. The van der Waals surface area contributed by atoms with Gasteiger partial charge < -0.3 is 4.90 Å². The van der Waals surface area contributed by atoms with E-state index in [1.165, 1.54) is 0 Å². The summed E-state index contributed by atoms with van der Waals surface area (Å²) >= 11 is 0. The molecular formula is C14H18N2O. The first kappa shape index (κ1) is 13.2. The highest BCUT2D eigenvalue weighted by atomic mass is 16.2. The number of hydrogen-bond acceptors (Lipinski definition) is 2. The van der Waals surface area contributed by atoms with Gasteiger partial charge in [-0.2, -0.15) is 0 Å². The van der Waals surface area contributed by atoms with Crippen molar-refractivity contribution in [2.75, 3.05) is 6.54 Å². The summed E-state index contributed by atoms with van der Waals surface area (Å²) in [5, 5.41) is 0. The highest BCUT2D eigenvalue weighted by Crippen LogP contribution is 2.17. The molecule has 0 N–H and O–H groups in total. The number of aromatic nitrogens is 1. The number of nitrogens with zero attached hydrogens (tertiary/aromatic N) is 2. The quantitative estimate of drug-likeness (QED) is 0.704. The maximum atomic E-state index is 11.9. The first-order chi connectivity index (χ1) is 8.20. The molecule has 1 heterocycles. The second kappa shape index (κ2) is 6.63. The van der Waals surface area contributed by atoms with Crippen molar-refractivity contribution >= 4 is 11.6 Å². The van der Waals surface area contributed by atoms with Crippen LogP contribution in [0, 0.1) is 0 Å². The van der Waals surface area contributed by atoms with Crippen molar-refractivity contribution in [3.8, 4) is 0 Å². The molecule has 0 aromatic carbocycles. The zero-order chi connectivity index (χ0) is 12.7. The van der Waals surface area contributed by atoms with Crippen LogP contribution in [0.15, 0.2) is 43.8 Å². The molecule has 0 aliphatic carbocycles. The molecule has 1 aromatic rings. The predicted molar refractivity (Wildman–Crippen MR) is 70.1 cm³/mol. The van der Waals surface area contributed by atoms with Crippen LogP contribution in [0.3, 0.4) is 0 Å². The zero-order valence-corrected chi connectivity index (χ0v) is 10.2. The van der Waals surface area contributed by atoms with Crippen LogP contribution in [0.4, 0.5) is 0 Å². The van der Waals surface area contributed by atoms with Crippen LogP contribution in [-0.4, -0.2) is 22.3 Å². The van der Waals surface area contributed by atoms with E-state index in [1.54, 1.807) is 23.4 Å². The summed E-state index contributed by atoms with van der Waals surface area (Å²) in [5.41, 5.74) is 1.65. The Balaban J connectivity index is 2.77. The molecule has 0 unspecified atom stereocenters. The van der Waals surface area contributed by atoms with Gasteiger partial charge in [0.1, 0.15) is 0 Å². The first-order valence-corrected chi connectivity index (χ1v) is 5.71. The van der Waals surface area contributed by atoms with E-state index < -0.39 is 0 Å². The third-order valence-electron chi connectivity index (χ3n) is 2.52. The summed E-state index contributed by atoms with van der Waals surface area (Å²) in [6.07, 6.45) is 6.31. The average molecular weight is 230 g/mol. The van der Waals surface area contributed by atoms with Crippen molar-refractivity contribution in [3.63, 3.8) is 0 Å². The Morgan fingerprint density at radius 1 is 1.47 bits per heavy atom. The van der Waals surface area contributed by atoms with Gasteiger partial charge in [0.2, 0.25) is 5.91 Å². The molecule has 17 heavy (non-hydrogen) atoms. The molecule has 0 spiro atoms. The van der Waals surface area contributed by atoms with Gasteiger partial charge in [0, 0.05) is 36.6 Å². The maximum absolute atomic E-state index is 11.9. The fraction of sp³-hybridized carbons (Fsp3) is 0.286. The predicted octanol–water partition coefficient (Wildman–Crippen LogP) is 2.87. The minimum Gasteiger partial charge on any atom is -0.313 e. The number of amides is 1. The maximum Gasteiger partial charge on any atom is 0.227 e. The highest BCUT2D eigenvalue weighted by molar-refractivity contribution is 5.86. The highest BCUT2D eigenvalue weighted by Gasteiger charge is 2.14. The van der Waals surface area contributed by atoms with E-state index in [4.69, 9.17) is 0 Å². The van der Waals surface area contributed by atoms with Gasteiger partial charge in [-0.25, -0.2) is 0 Å². The lowest BCUT2D eigenvalue weighted by molar-refractivity contribution is -0.127. The summed E-state index contributed by atoms with van der Waals surface area (Å²) in [5.74, 6) is 0.0780. The molecule has 0 atom stereocenters. The molecule has 0 aliphatic rings. The monoisotopic (exact) mass is 230 g/mol. The van der Waals surface area contributed by atoms with Crippen LogP contribution in [0.5, 0.6) is 0 Å². The number of allylic oxidation sites excluding steroid dienone is 1. The van der Waals surface area contributed by atoms with Crippen LogP contribution in [0.2, 0.25) is 0 Å². The number of carbonyl (C=O) groups is 1. The average Bonchev–Trinajstić information content (AvgIpc) is 2.38. The smallest absolute Gasteiger partial charge is 0.227 e. The summed E-state index contributed by atoms with van der Waals surface area (Å²) < 4.78 is 0. The van der Waals surface area contributed by atoms with Crippen molar-refractivity contribution in [2.45, 2.75) is 19.8 Å². The largest absolute Gasteiger partial charge is 0.313 e. The topological polar surface area (TPSA) is 33.2 Å². The van der Waals surface area contributed by atoms with Crippen molar-refractivity contribution < 1.29 is 4.79 Å². The van der Waals surface area contributed by atoms with E-state index in [0.29, 0.717) is 19.4 Å². The Morgan fingerprint density at radius 2 is 2.12 bits per heavy atom.